The Balaban J connectivity index is 1.79. The summed E-state index contributed by atoms with van der Waals surface area (Å²) in [6, 6.07) is 3.77. The molecule has 3 rings (SSSR count). The van der Waals surface area contributed by atoms with Crippen molar-refractivity contribution < 1.29 is 9.53 Å². The summed E-state index contributed by atoms with van der Waals surface area (Å²) in [6.45, 7) is 4.09. The number of piperidine rings is 1. The van der Waals surface area contributed by atoms with Crippen molar-refractivity contribution >= 4 is 40.0 Å². The number of carbonyl (C=O) groups excluding carboxylic acids is 1. The molecule has 0 bridgehead atoms. The number of nitrogens with zero attached hydrogens (tertiary/aromatic N) is 3. The van der Waals surface area contributed by atoms with E-state index >= 15 is 0 Å². The quantitative estimate of drug-likeness (QED) is 0.818. The first-order valence-corrected chi connectivity index (χ1v) is 8.76. The van der Waals surface area contributed by atoms with Crippen molar-refractivity contribution in [1.29, 1.82) is 0 Å². The van der Waals surface area contributed by atoms with Crippen LogP contribution in [0.1, 0.15) is 33.1 Å². The molecule has 1 saturated heterocycles. The van der Waals surface area contributed by atoms with Gasteiger partial charge in [0.2, 0.25) is 5.88 Å². The van der Waals surface area contributed by atoms with E-state index in [4.69, 9.17) is 27.9 Å². The van der Waals surface area contributed by atoms with Gasteiger partial charge in [0.15, 0.2) is 6.61 Å². The molecule has 1 fully saturated rings. The molecule has 24 heavy (non-hydrogen) atoms. The number of amides is 1. The van der Waals surface area contributed by atoms with E-state index in [1.165, 1.54) is 6.33 Å². The molecule has 1 aliphatic heterocycles. The third-order valence-electron chi connectivity index (χ3n) is 4.43. The molecule has 0 radical (unpaired) electrons. The van der Waals surface area contributed by atoms with Gasteiger partial charge in [-0.05, 0) is 45.2 Å². The molecule has 1 amide bonds. The van der Waals surface area contributed by atoms with Crippen molar-refractivity contribution in [2.45, 2.75) is 45.2 Å². The van der Waals surface area contributed by atoms with Crippen LogP contribution in [0.2, 0.25) is 10.0 Å². The smallest absolute Gasteiger partial charge is 0.261 e. The van der Waals surface area contributed by atoms with E-state index in [0.29, 0.717) is 26.8 Å². The van der Waals surface area contributed by atoms with Gasteiger partial charge in [-0.25, -0.2) is 9.97 Å². The first kappa shape index (κ1) is 17.2. The summed E-state index contributed by atoms with van der Waals surface area (Å²) >= 11 is 12.2. The SMILES string of the molecule is CC1CCCC(C)N1C(=O)COc1ncnc2c(Cl)cc(Cl)cc12. The van der Waals surface area contributed by atoms with Crippen LogP contribution in [0, 0.1) is 0 Å². The molecule has 0 N–H and O–H groups in total. The van der Waals surface area contributed by atoms with Gasteiger partial charge in [-0.3, -0.25) is 4.79 Å². The maximum absolute atomic E-state index is 12.6. The van der Waals surface area contributed by atoms with Crippen LogP contribution in [0.5, 0.6) is 5.88 Å². The number of ether oxygens (including phenoxy) is 1. The largest absolute Gasteiger partial charge is 0.467 e. The predicted octanol–water partition coefficient (Wildman–Crippen LogP) is 4.10. The summed E-state index contributed by atoms with van der Waals surface area (Å²) in [5.74, 6) is 0.282. The maximum Gasteiger partial charge on any atom is 0.261 e. The lowest BCUT2D eigenvalue weighted by atomic mass is 9.97. The monoisotopic (exact) mass is 367 g/mol. The van der Waals surface area contributed by atoms with Gasteiger partial charge in [0.25, 0.3) is 5.91 Å². The minimum absolute atomic E-state index is 0.0328. The predicted molar refractivity (Wildman–Crippen MR) is 94.7 cm³/mol. The Morgan fingerprint density at radius 1 is 1.25 bits per heavy atom. The normalized spacial score (nSPS) is 21.1. The van der Waals surface area contributed by atoms with Gasteiger partial charge in [-0.15, -0.1) is 0 Å². The van der Waals surface area contributed by atoms with Gasteiger partial charge in [-0.2, -0.15) is 0 Å². The zero-order chi connectivity index (χ0) is 17.3. The highest BCUT2D eigenvalue weighted by atomic mass is 35.5. The standard InChI is InChI=1S/C17H19Cl2N3O2/c1-10-4-3-5-11(2)22(10)15(23)8-24-17-13-6-12(18)7-14(19)16(13)20-9-21-17/h6-7,9-11H,3-5,8H2,1-2H3. The van der Waals surface area contributed by atoms with Crippen molar-refractivity contribution in [2.75, 3.05) is 6.61 Å². The molecule has 1 aromatic carbocycles. The molecule has 128 valence electrons. The number of hydrogen-bond donors (Lipinski definition) is 0. The number of fused-ring (bicyclic) bond motifs is 1. The third kappa shape index (κ3) is 3.42. The van der Waals surface area contributed by atoms with Crippen molar-refractivity contribution in [3.8, 4) is 5.88 Å². The third-order valence-corrected chi connectivity index (χ3v) is 4.94. The fraction of sp³-hybridized carbons (Fsp3) is 0.471. The Morgan fingerprint density at radius 2 is 1.96 bits per heavy atom. The number of likely N-dealkylation sites (tertiary alicyclic amines) is 1. The number of benzene rings is 1. The molecule has 0 aliphatic carbocycles. The van der Waals surface area contributed by atoms with Gasteiger partial charge in [-0.1, -0.05) is 23.2 Å². The topological polar surface area (TPSA) is 55.3 Å². The second-order valence-corrected chi connectivity index (χ2v) is 7.02. The molecular weight excluding hydrogens is 349 g/mol. The molecule has 1 aromatic heterocycles. The fourth-order valence-electron chi connectivity index (χ4n) is 3.30. The lowest BCUT2D eigenvalue weighted by Crippen LogP contribution is -2.49. The minimum atomic E-state index is -0.0646. The average molecular weight is 368 g/mol. The number of halogens is 2. The first-order chi connectivity index (χ1) is 11.5. The van der Waals surface area contributed by atoms with E-state index in [1.54, 1.807) is 12.1 Å². The van der Waals surface area contributed by atoms with Crippen molar-refractivity contribution in [2.24, 2.45) is 0 Å². The summed E-state index contributed by atoms with van der Waals surface area (Å²) in [6.07, 6.45) is 4.57. The number of rotatable bonds is 3. The van der Waals surface area contributed by atoms with Crippen LogP contribution in [-0.2, 0) is 4.79 Å². The highest BCUT2D eigenvalue weighted by Gasteiger charge is 2.29. The molecule has 0 spiro atoms. The van der Waals surface area contributed by atoms with Crippen LogP contribution in [0.4, 0.5) is 0 Å². The summed E-state index contributed by atoms with van der Waals surface area (Å²) in [5.41, 5.74) is 0.554. The van der Waals surface area contributed by atoms with Gasteiger partial charge < -0.3 is 9.64 Å². The van der Waals surface area contributed by atoms with Crippen LogP contribution in [0.25, 0.3) is 10.9 Å². The molecular formula is C17H19Cl2N3O2. The Morgan fingerprint density at radius 3 is 2.67 bits per heavy atom. The van der Waals surface area contributed by atoms with E-state index in [-0.39, 0.29) is 24.6 Å². The molecule has 2 atom stereocenters. The average Bonchev–Trinajstić information content (AvgIpc) is 2.52. The van der Waals surface area contributed by atoms with Gasteiger partial charge >= 0.3 is 0 Å². The van der Waals surface area contributed by atoms with E-state index < -0.39 is 0 Å². The van der Waals surface area contributed by atoms with Gasteiger partial charge in [0.05, 0.1) is 15.9 Å². The van der Waals surface area contributed by atoms with Crippen LogP contribution in [0.15, 0.2) is 18.5 Å². The van der Waals surface area contributed by atoms with E-state index in [2.05, 4.69) is 23.8 Å². The lowest BCUT2D eigenvalue weighted by Gasteiger charge is -2.38. The second kappa shape index (κ2) is 7.11. The fourth-order valence-corrected chi connectivity index (χ4v) is 3.84. The number of hydrogen-bond acceptors (Lipinski definition) is 4. The van der Waals surface area contributed by atoms with Crippen molar-refractivity contribution in [1.82, 2.24) is 14.9 Å². The van der Waals surface area contributed by atoms with E-state index in [1.807, 2.05) is 4.90 Å². The molecule has 0 saturated carbocycles. The summed E-state index contributed by atoms with van der Waals surface area (Å²) in [4.78, 5) is 22.7. The highest BCUT2D eigenvalue weighted by molar-refractivity contribution is 6.38. The molecule has 7 heteroatoms. The Kier molecular flexibility index (Phi) is 5.11. The zero-order valence-electron chi connectivity index (χ0n) is 13.6. The molecule has 1 aliphatic rings. The van der Waals surface area contributed by atoms with Gasteiger partial charge in [0, 0.05) is 17.1 Å². The molecule has 2 aromatic rings. The van der Waals surface area contributed by atoms with Crippen LogP contribution >= 0.6 is 23.2 Å². The Bertz CT molecular complexity index is 759. The Labute approximate surface area is 150 Å². The Hall–Kier alpha value is -1.59. The molecule has 2 unspecified atom stereocenters. The number of aromatic nitrogens is 2. The van der Waals surface area contributed by atoms with E-state index in [9.17, 15) is 4.79 Å². The number of carbonyl (C=O) groups is 1. The summed E-state index contributed by atoms with van der Waals surface area (Å²) in [7, 11) is 0. The van der Waals surface area contributed by atoms with E-state index in [0.717, 1.165) is 19.3 Å². The van der Waals surface area contributed by atoms with Gasteiger partial charge in [0.1, 0.15) is 6.33 Å². The minimum Gasteiger partial charge on any atom is -0.467 e. The van der Waals surface area contributed by atoms with Crippen molar-refractivity contribution in [3.63, 3.8) is 0 Å². The van der Waals surface area contributed by atoms with Crippen LogP contribution in [-0.4, -0.2) is 39.5 Å². The van der Waals surface area contributed by atoms with Crippen LogP contribution in [0.3, 0.4) is 0 Å². The van der Waals surface area contributed by atoms with Crippen molar-refractivity contribution in [3.05, 3.63) is 28.5 Å². The first-order valence-electron chi connectivity index (χ1n) is 8.01. The second-order valence-electron chi connectivity index (χ2n) is 6.18. The maximum atomic E-state index is 12.6. The highest BCUT2D eigenvalue weighted by Crippen LogP contribution is 2.31. The molecule has 5 nitrogen and oxygen atoms in total. The lowest BCUT2D eigenvalue weighted by molar-refractivity contribution is -0.139. The molecule has 2 heterocycles. The van der Waals surface area contributed by atoms with Crippen LogP contribution < -0.4 is 4.74 Å². The summed E-state index contributed by atoms with van der Waals surface area (Å²) < 4.78 is 5.68. The zero-order valence-corrected chi connectivity index (χ0v) is 15.1. The summed E-state index contributed by atoms with van der Waals surface area (Å²) in [5, 5.41) is 1.49.